The third-order valence-electron chi connectivity index (χ3n) is 3.48. The van der Waals surface area contributed by atoms with Crippen molar-refractivity contribution >= 4 is 32.9 Å². The van der Waals surface area contributed by atoms with Crippen molar-refractivity contribution in [3.8, 4) is 0 Å². The molecule has 1 fully saturated rings. The maximum absolute atomic E-state index is 10.1. The van der Waals surface area contributed by atoms with Crippen LogP contribution in [0.3, 0.4) is 0 Å². The van der Waals surface area contributed by atoms with Crippen LogP contribution in [0, 0.1) is 0 Å². The first-order valence-corrected chi connectivity index (χ1v) is 6.98. The SMILES string of the molecule is CO[C@H]1C(O)[C@@H](CO)O[C@H]1n1c(Br)nc2c(N)ncnc21. The molecule has 9 nitrogen and oxygen atoms in total. The second kappa shape index (κ2) is 5.46. The number of aromatic nitrogens is 4. The van der Waals surface area contributed by atoms with Gasteiger partial charge in [0.05, 0.1) is 6.61 Å². The number of fused-ring (bicyclic) bond motifs is 1. The fourth-order valence-electron chi connectivity index (χ4n) is 2.46. The van der Waals surface area contributed by atoms with Crippen LogP contribution in [-0.2, 0) is 9.47 Å². The predicted octanol–water partition coefficient (Wildman–Crippen LogP) is -0.563. The van der Waals surface area contributed by atoms with Gasteiger partial charge in [-0.3, -0.25) is 4.57 Å². The van der Waals surface area contributed by atoms with E-state index < -0.39 is 24.5 Å². The molecule has 0 radical (unpaired) electrons. The Balaban J connectivity index is 2.12. The summed E-state index contributed by atoms with van der Waals surface area (Å²) < 4.78 is 13.0. The van der Waals surface area contributed by atoms with E-state index in [9.17, 15) is 10.2 Å². The summed E-state index contributed by atoms with van der Waals surface area (Å²) in [7, 11) is 1.46. The molecular formula is C11H14BrN5O4. The van der Waals surface area contributed by atoms with Crippen LogP contribution in [0.4, 0.5) is 5.82 Å². The maximum Gasteiger partial charge on any atom is 0.181 e. The molecule has 4 atom stereocenters. The van der Waals surface area contributed by atoms with Crippen LogP contribution >= 0.6 is 15.9 Å². The van der Waals surface area contributed by atoms with E-state index in [-0.39, 0.29) is 12.4 Å². The van der Waals surface area contributed by atoms with Gasteiger partial charge < -0.3 is 25.4 Å². The molecular weight excluding hydrogens is 346 g/mol. The Kier molecular flexibility index (Phi) is 3.80. The predicted molar refractivity (Wildman–Crippen MR) is 75.2 cm³/mol. The van der Waals surface area contributed by atoms with Gasteiger partial charge in [0, 0.05) is 7.11 Å². The third kappa shape index (κ3) is 2.19. The van der Waals surface area contributed by atoms with Crippen LogP contribution in [0.15, 0.2) is 11.1 Å². The highest BCUT2D eigenvalue weighted by molar-refractivity contribution is 9.10. The van der Waals surface area contributed by atoms with Crippen LogP contribution in [0.1, 0.15) is 6.23 Å². The summed E-state index contributed by atoms with van der Waals surface area (Å²) in [6, 6.07) is 0. The molecule has 2 aromatic rings. The van der Waals surface area contributed by atoms with E-state index >= 15 is 0 Å². The minimum atomic E-state index is -0.964. The molecule has 0 aliphatic carbocycles. The molecule has 114 valence electrons. The number of anilines is 1. The molecule has 1 aliphatic heterocycles. The fourth-order valence-corrected chi connectivity index (χ4v) is 3.00. The second-order valence-corrected chi connectivity index (χ2v) is 5.33. The van der Waals surface area contributed by atoms with Crippen LogP contribution in [0.5, 0.6) is 0 Å². The van der Waals surface area contributed by atoms with Crippen molar-refractivity contribution in [2.75, 3.05) is 19.5 Å². The number of rotatable bonds is 3. The van der Waals surface area contributed by atoms with E-state index in [1.807, 2.05) is 0 Å². The Morgan fingerprint density at radius 1 is 1.52 bits per heavy atom. The summed E-state index contributed by atoms with van der Waals surface area (Å²) in [6.45, 7) is -0.321. The van der Waals surface area contributed by atoms with Gasteiger partial charge in [0.1, 0.15) is 24.6 Å². The second-order valence-electron chi connectivity index (χ2n) is 4.62. The molecule has 4 N–H and O–H groups in total. The number of aliphatic hydroxyl groups excluding tert-OH is 2. The molecule has 1 aliphatic rings. The zero-order valence-corrected chi connectivity index (χ0v) is 12.6. The van der Waals surface area contributed by atoms with Gasteiger partial charge in [0.25, 0.3) is 0 Å². The monoisotopic (exact) mass is 359 g/mol. The number of nitrogen functional groups attached to an aromatic ring is 1. The number of methoxy groups -OCH3 is 1. The van der Waals surface area contributed by atoms with Crippen molar-refractivity contribution < 1.29 is 19.7 Å². The van der Waals surface area contributed by atoms with E-state index in [0.29, 0.717) is 15.9 Å². The summed E-state index contributed by atoms with van der Waals surface area (Å²) in [5, 5.41) is 19.4. The van der Waals surface area contributed by atoms with Crippen LogP contribution in [0.25, 0.3) is 11.2 Å². The Morgan fingerprint density at radius 3 is 2.95 bits per heavy atom. The van der Waals surface area contributed by atoms with Crippen LogP contribution in [-0.4, -0.2) is 61.8 Å². The minimum absolute atomic E-state index is 0.241. The number of hydrogen-bond donors (Lipinski definition) is 3. The third-order valence-corrected chi connectivity index (χ3v) is 4.04. The molecule has 10 heteroatoms. The zero-order valence-electron chi connectivity index (χ0n) is 11.0. The summed E-state index contributed by atoms with van der Waals surface area (Å²) in [5.74, 6) is 0.241. The van der Waals surface area contributed by atoms with Crippen LogP contribution < -0.4 is 5.73 Å². The Labute approximate surface area is 127 Å². The number of aliphatic hydroxyl groups is 2. The van der Waals surface area contributed by atoms with Crippen molar-refractivity contribution in [1.82, 2.24) is 19.5 Å². The topological polar surface area (TPSA) is 129 Å². The molecule has 1 unspecified atom stereocenters. The molecule has 0 aromatic carbocycles. The lowest BCUT2D eigenvalue weighted by Gasteiger charge is -2.20. The van der Waals surface area contributed by atoms with Crippen molar-refractivity contribution in [3.63, 3.8) is 0 Å². The van der Waals surface area contributed by atoms with Gasteiger partial charge in [-0.1, -0.05) is 0 Å². The summed E-state index contributed by atoms with van der Waals surface area (Å²) in [6.07, 6.45) is -1.76. The van der Waals surface area contributed by atoms with Gasteiger partial charge in [0.2, 0.25) is 0 Å². The number of halogens is 1. The highest BCUT2D eigenvalue weighted by Crippen LogP contribution is 2.36. The summed E-state index contributed by atoms with van der Waals surface area (Å²) in [5.41, 5.74) is 6.65. The van der Waals surface area contributed by atoms with E-state index in [1.165, 1.54) is 13.4 Å². The molecule has 0 bridgehead atoms. The number of imidazole rings is 1. The Bertz CT molecular complexity index is 665. The summed E-state index contributed by atoms with van der Waals surface area (Å²) >= 11 is 3.32. The fraction of sp³-hybridized carbons (Fsp3) is 0.545. The molecule has 0 spiro atoms. The highest BCUT2D eigenvalue weighted by Gasteiger charge is 2.46. The van der Waals surface area contributed by atoms with Gasteiger partial charge >= 0.3 is 0 Å². The number of nitrogens with two attached hydrogens (primary N) is 1. The van der Waals surface area contributed by atoms with Crippen molar-refractivity contribution in [1.29, 1.82) is 0 Å². The van der Waals surface area contributed by atoms with Crippen LogP contribution in [0.2, 0.25) is 0 Å². The first-order chi connectivity index (χ1) is 10.1. The molecule has 3 heterocycles. The highest BCUT2D eigenvalue weighted by atomic mass is 79.9. The normalized spacial score (nSPS) is 29.3. The van der Waals surface area contributed by atoms with Gasteiger partial charge in [-0.15, -0.1) is 0 Å². The number of ether oxygens (including phenoxy) is 2. The van der Waals surface area contributed by atoms with Crippen molar-refractivity contribution in [2.45, 2.75) is 24.5 Å². The first kappa shape index (κ1) is 14.6. The molecule has 3 rings (SSSR count). The molecule has 21 heavy (non-hydrogen) atoms. The average Bonchev–Trinajstić information content (AvgIpc) is 2.96. The largest absolute Gasteiger partial charge is 0.394 e. The zero-order chi connectivity index (χ0) is 15.1. The Morgan fingerprint density at radius 2 is 2.29 bits per heavy atom. The van der Waals surface area contributed by atoms with Gasteiger partial charge in [-0.05, 0) is 15.9 Å². The molecule has 2 aromatic heterocycles. The lowest BCUT2D eigenvalue weighted by atomic mass is 10.1. The number of nitrogens with zero attached hydrogens (tertiary/aromatic N) is 4. The van der Waals surface area contributed by atoms with Gasteiger partial charge in [0.15, 0.2) is 27.9 Å². The smallest absolute Gasteiger partial charge is 0.181 e. The lowest BCUT2D eigenvalue weighted by molar-refractivity contribution is -0.0594. The molecule has 0 amide bonds. The van der Waals surface area contributed by atoms with Crippen molar-refractivity contribution in [2.24, 2.45) is 0 Å². The number of hydrogen-bond acceptors (Lipinski definition) is 8. The quantitative estimate of drug-likeness (QED) is 0.621. The summed E-state index contributed by atoms with van der Waals surface area (Å²) in [4.78, 5) is 12.3. The minimum Gasteiger partial charge on any atom is -0.394 e. The van der Waals surface area contributed by atoms with Gasteiger partial charge in [-0.2, -0.15) is 0 Å². The molecule has 0 saturated carbocycles. The van der Waals surface area contributed by atoms with E-state index in [4.69, 9.17) is 15.2 Å². The van der Waals surface area contributed by atoms with Gasteiger partial charge in [-0.25, -0.2) is 15.0 Å². The first-order valence-electron chi connectivity index (χ1n) is 6.19. The maximum atomic E-state index is 10.1. The Hall–Kier alpha value is -1.33. The molecule has 1 saturated heterocycles. The average molecular weight is 360 g/mol. The van der Waals surface area contributed by atoms with E-state index in [2.05, 4.69) is 30.9 Å². The van der Waals surface area contributed by atoms with E-state index in [0.717, 1.165) is 0 Å². The lowest BCUT2D eigenvalue weighted by Crippen LogP contribution is -2.34. The van der Waals surface area contributed by atoms with E-state index in [1.54, 1.807) is 4.57 Å². The standard InChI is InChI=1S/C11H14BrN5O4/c1-20-7-6(19)4(2-18)21-10(7)17-9-5(16-11(17)12)8(13)14-3-15-9/h3-4,6-7,10,18-19H,2H2,1H3,(H2,13,14,15)/t4-,6?,7+,10-/m1/s1. The van der Waals surface area contributed by atoms with Crippen molar-refractivity contribution in [3.05, 3.63) is 11.1 Å².